The van der Waals surface area contributed by atoms with Crippen molar-refractivity contribution in [1.82, 2.24) is 10.1 Å². The smallest absolute Gasteiger partial charge is 0.255 e. The molecule has 3 aliphatic heterocycles. The van der Waals surface area contributed by atoms with Gasteiger partial charge in [0.25, 0.3) is 11.8 Å². The molecule has 9 heteroatoms. The van der Waals surface area contributed by atoms with Crippen LogP contribution < -0.4 is 9.80 Å². The molecule has 6 rings (SSSR count). The summed E-state index contributed by atoms with van der Waals surface area (Å²) in [5.41, 5.74) is 0.745. The van der Waals surface area contributed by atoms with Crippen LogP contribution in [0.3, 0.4) is 0 Å². The molecule has 1 saturated heterocycles. The molecule has 0 radical (unpaired) electrons. The Kier molecular flexibility index (Phi) is 4.37. The Morgan fingerprint density at radius 1 is 1.23 bits per heavy atom. The first-order valence-electron chi connectivity index (χ1n) is 11.0. The molecule has 3 unspecified atom stereocenters. The summed E-state index contributed by atoms with van der Waals surface area (Å²) in [5.74, 6) is 1.34. The number of nitrogens with zero attached hydrogens (tertiary/aromatic N) is 5. The van der Waals surface area contributed by atoms with E-state index in [4.69, 9.17) is 20.9 Å². The number of aromatic nitrogens is 2. The van der Waals surface area contributed by atoms with E-state index in [1.807, 2.05) is 24.0 Å². The van der Waals surface area contributed by atoms with Crippen molar-refractivity contribution in [3.05, 3.63) is 34.9 Å². The van der Waals surface area contributed by atoms with E-state index >= 15 is 0 Å². The highest BCUT2D eigenvalue weighted by molar-refractivity contribution is 6.35. The van der Waals surface area contributed by atoms with E-state index in [1.54, 1.807) is 17.3 Å². The minimum absolute atomic E-state index is 0.117. The second-order valence-electron chi connectivity index (χ2n) is 8.94. The number of aliphatic imine (C=N–C) groups is 1. The third kappa shape index (κ3) is 2.84. The van der Waals surface area contributed by atoms with Crippen LogP contribution >= 0.6 is 11.6 Å². The van der Waals surface area contributed by atoms with Crippen molar-refractivity contribution in [2.75, 3.05) is 16.4 Å². The number of anilines is 2. The molecule has 2 fully saturated rings. The molecule has 2 aromatic rings. The summed E-state index contributed by atoms with van der Waals surface area (Å²) < 4.78 is 11.7. The van der Waals surface area contributed by atoms with Crippen molar-refractivity contribution < 1.29 is 14.1 Å². The molecule has 1 amide bonds. The molecule has 1 aromatic heterocycles. The average Bonchev–Trinajstić information content (AvgIpc) is 3.54. The van der Waals surface area contributed by atoms with Gasteiger partial charge in [-0.15, -0.1) is 0 Å². The molecule has 3 atom stereocenters. The van der Waals surface area contributed by atoms with Crippen LogP contribution in [0.2, 0.25) is 5.02 Å². The van der Waals surface area contributed by atoms with Crippen molar-refractivity contribution in [1.29, 1.82) is 0 Å². The van der Waals surface area contributed by atoms with Crippen LogP contribution in [-0.4, -0.2) is 40.8 Å². The summed E-state index contributed by atoms with van der Waals surface area (Å²) in [6.45, 7) is 2.57. The maximum Gasteiger partial charge on any atom is 0.255 e. The lowest BCUT2D eigenvalue weighted by atomic mass is 9.97. The lowest BCUT2D eigenvalue weighted by Crippen LogP contribution is -2.60. The Balaban J connectivity index is 1.41. The second-order valence-corrected chi connectivity index (χ2v) is 9.35. The fourth-order valence-electron chi connectivity index (χ4n) is 5.42. The van der Waals surface area contributed by atoms with Gasteiger partial charge in [0, 0.05) is 12.5 Å². The van der Waals surface area contributed by atoms with E-state index in [0.717, 1.165) is 37.2 Å². The molecule has 0 bridgehead atoms. The predicted molar refractivity (Wildman–Crippen MR) is 116 cm³/mol. The number of amides is 1. The summed E-state index contributed by atoms with van der Waals surface area (Å²) in [4.78, 5) is 26.8. The second kappa shape index (κ2) is 7.03. The van der Waals surface area contributed by atoms with Gasteiger partial charge >= 0.3 is 0 Å². The first-order valence-corrected chi connectivity index (χ1v) is 11.4. The number of fused-ring (bicyclic) bond motifs is 3. The third-order valence-electron chi connectivity index (χ3n) is 6.99. The van der Waals surface area contributed by atoms with Crippen LogP contribution in [0.5, 0.6) is 0 Å². The first-order chi connectivity index (χ1) is 15.1. The van der Waals surface area contributed by atoms with Gasteiger partial charge in [0.2, 0.25) is 0 Å². The maximum absolute atomic E-state index is 13.9. The zero-order chi connectivity index (χ0) is 21.2. The van der Waals surface area contributed by atoms with Crippen LogP contribution in [0.4, 0.5) is 11.4 Å². The molecule has 1 aliphatic carbocycles. The number of carbonyl (C=O) groups is 1. The standard InChI is InChI=1S/C22H24ClN5O3/c1-22(10-5-11-30-22)28-17-14(23)8-4-9-15(17)27-12-24-16(18(27)21(28)29)20-25-19(26-31-20)13-6-2-3-7-13/h4,8-9,12-13,16,18H,2-3,5-7,10-11H2,1H3. The van der Waals surface area contributed by atoms with Crippen molar-refractivity contribution >= 4 is 35.2 Å². The zero-order valence-corrected chi connectivity index (χ0v) is 18.1. The number of benzene rings is 1. The number of hydrogen-bond donors (Lipinski definition) is 0. The molecular weight excluding hydrogens is 418 g/mol. The van der Waals surface area contributed by atoms with Gasteiger partial charge in [-0.1, -0.05) is 35.7 Å². The van der Waals surface area contributed by atoms with Gasteiger partial charge in [-0.05, 0) is 44.7 Å². The quantitative estimate of drug-likeness (QED) is 0.709. The predicted octanol–water partition coefficient (Wildman–Crippen LogP) is 4.21. The van der Waals surface area contributed by atoms with Crippen molar-refractivity contribution in [2.24, 2.45) is 4.99 Å². The number of ether oxygens (including phenoxy) is 1. The van der Waals surface area contributed by atoms with Crippen molar-refractivity contribution in [2.45, 2.75) is 69.2 Å². The highest BCUT2D eigenvalue weighted by Gasteiger charge is 2.54. The maximum atomic E-state index is 13.9. The van der Waals surface area contributed by atoms with E-state index in [2.05, 4.69) is 15.1 Å². The number of rotatable bonds is 3. The molecule has 31 heavy (non-hydrogen) atoms. The Morgan fingerprint density at radius 3 is 2.84 bits per heavy atom. The van der Waals surface area contributed by atoms with Crippen molar-refractivity contribution in [3.63, 3.8) is 0 Å². The largest absolute Gasteiger partial charge is 0.355 e. The molecule has 4 aliphatic rings. The molecule has 1 saturated carbocycles. The molecule has 0 N–H and O–H groups in total. The molecule has 1 aromatic carbocycles. The van der Waals surface area contributed by atoms with E-state index in [-0.39, 0.29) is 5.91 Å². The fourth-order valence-corrected chi connectivity index (χ4v) is 5.67. The van der Waals surface area contributed by atoms with Crippen LogP contribution in [-0.2, 0) is 9.53 Å². The van der Waals surface area contributed by atoms with Gasteiger partial charge in [0.1, 0.15) is 11.8 Å². The minimum atomic E-state index is -0.750. The molecule has 4 heterocycles. The van der Waals surface area contributed by atoms with Crippen molar-refractivity contribution in [3.8, 4) is 0 Å². The van der Waals surface area contributed by atoms with Gasteiger partial charge in [0.15, 0.2) is 11.9 Å². The normalized spacial score (nSPS) is 30.3. The van der Waals surface area contributed by atoms with E-state index < -0.39 is 17.8 Å². The molecule has 162 valence electrons. The fraction of sp³-hybridized carbons (Fsp3) is 0.545. The summed E-state index contributed by atoms with van der Waals surface area (Å²) in [7, 11) is 0. The monoisotopic (exact) mass is 441 g/mol. The third-order valence-corrected chi connectivity index (χ3v) is 7.30. The highest BCUT2D eigenvalue weighted by Crippen LogP contribution is 2.49. The van der Waals surface area contributed by atoms with Crippen LogP contribution in [0.25, 0.3) is 0 Å². The van der Waals surface area contributed by atoms with Gasteiger partial charge in [0.05, 0.1) is 22.7 Å². The van der Waals surface area contributed by atoms with Gasteiger partial charge in [-0.2, -0.15) is 4.98 Å². The van der Waals surface area contributed by atoms with Crippen LogP contribution in [0, 0.1) is 0 Å². The molecular formula is C22H24ClN5O3. The summed E-state index contributed by atoms with van der Waals surface area (Å²) in [5, 5.41) is 4.74. The summed E-state index contributed by atoms with van der Waals surface area (Å²) >= 11 is 6.60. The van der Waals surface area contributed by atoms with E-state index in [9.17, 15) is 4.79 Å². The Morgan fingerprint density at radius 2 is 2.06 bits per heavy atom. The minimum Gasteiger partial charge on any atom is -0.355 e. The molecule has 0 spiro atoms. The number of para-hydroxylation sites is 1. The lowest BCUT2D eigenvalue weighted by molar-refractivity contribution is -0.125. The number of carbonyl (C=O) groups excluding carboxylic acids is 1. The van der Waals surface area contributed by atoms with E-state index in [0.29, 0.717) is 29.1 Å². The van der Waals surface area contributed by atoms with Gasteiger partial charge in [-0.3, -0.25) is 14.7 Å². The SMILES string of the molecule is CC1(N2C(=O)C3C(c4nc(C5CCCC5)no4)N=CN3c3cccc(Cl)c32)CCCO1. The van der Waals surface area contributed by atoms with Crippen LogP contribution in [0.15, 0.2) is 27.7 Å². The van der Waals surface area contributed by atoms with E-state index in [1.165, 1.54) is 12.8 Å². The van der Waals surface area contributed by atoms with Gasteiger partial charge in [-0.25, -0.2) is 0 Å². The number of hydrogen-bond acceptors (Lipinski definition) is 7. The lowest BCUT2D eigenvalue weighted by Gasteiger charge is -2.46. The summed E-state index contributed by atoms with van der Waals surface area (Å²) in [6.07, 6.45) is 7.87. The summed E-state index contributed by atoms with van der Waals surface area (Å²) in [6, 6.07) is 4.48. The molecule has 8 nitrogen and oxygen atoms in total. The Hall–Kier alpha value is -2.45. The number of halogens is 1. The zero-order valence-electron chi connectivity index (χ0n) is 17.3. The van der Waals surface area contributed by atoms with Gasteiger partial charge < -0.3 is 14.2 Å². The first kappa shape index (κ1) is 19.3. The Labute approximate surface area is 185 Å². The highest BCUT2D eigenvalue weighted by atomic mass is 35.5. The van der Waals surface area contributed by atoms with Crippen LogP contribution in [0.1, 0.15) is 69.1 Å². The topological polar surface area (TPSA) is 84.1 Å². The Bertz CT molecular complexity index is 1060. The average molecular weight is 442 g/mol.